The predicted molar refractivity (Wildman–Crippen MR) is 69.7 cm³/mol. The molecule has 0 bridgehead atoms. The van der Waals surface area contributed by atoms with E-state index in [0.717, 1.165) is 31.9 Å². The third-order valence-corrected chi connectivity index (χ3v) is 3.42. The molecule has 0 aromatic carbocycles. The zero-order chi connectivity index (χ0) is 12.3. The van der Waals surface area contributed by atoms with Crippen molar-refractivity contribution in [3.63, 3.8) is 0 Å². The van der Waals surface area contributed by atoms with Crippen molar-refractivity contribution in [2.75, 3.05) is 33.2 Å². The lowest BCUT2D eigenvalue weighted by atomic mass is 10.0. The van der Waals surface area contributed by atoms with Gasteiger partial charge in [-0.25, -0.2) is 0 Å². The summed E-state index contributed by atoms with van der Waals surface area (Å²) in [5, 5.41) is 0. The van der Waals surface area contributed by atoms with Crippen molar-refractivity contribution < 1.29 is 0 Å². The van der Waals surface area contributed by atoms with E-state index >= 15 is 0 Å². The topological polar surface area (TPSA) is 45.4 Å². The van der Waals surface area contributed by atoms with Gasteiger partial charge in [-0.3, -0.25) is 9.88 Å². The van der Waals surface area contributed by atoms with Crippen LogP contribution >= 0.6 is 0 Å². The molecule has 2 unspecified atom stereocenters. The first-order valence-electron chi connectivity index (χ1n) is 6.27. The average molecular weight is 234 g/mol. The minimum atomic E-state index is 0.105. The van der Waals surface area contributed by atoms with E-state index in [1.807, 2.05) is 18.3 Å². The van der Waals surface area contributed by atoms with Crippen molar-refractivity contribution in [2.24, 2.45) is 5.73 Å². The summed E-state index contributed by atoms with van der Waals surface area (Å²) in [6.45, 7) is 6.42. The first-order valence-corrected chi connectivity index (χ1v) is 6.27. The summed E-state index contributed by atoms with van der Waals surface area (Å²) in [5.74, 6) is 0. The van der Waals surface area contributed by atoms with Gasteiger partial charge in [-0.1, -0.05) is 6.07 Å². The summed E-state index contributed by atoms with van der Waals surface area (Å²) in [5.41, 5.74) is 7.23. The lowest BCUT2D eigenvalue weighted by Gasteiger charge is -2.39. The second-order valence-corrected chi connectivity index (χ2v) is 4.90. The molecule has 1 aliphatic rings. The summed E-state index contributed by atoms with van der Waals surface area (Å²) in [4.78, 5) is 9.26. The third kappa shape index (κ3) is 3.03. The molecule has 1 fully saturated rings. The summed E-state index contributed by atoms with van der Waals surface area (Å²) in [6.07, 6.45) is 1.85. The van der Waals surface area contributed by atoms with Crippen molar-refractivity contribution in [3.8, 4) is 0 Å². The number of hydrogen-bond donors (Lipinski definition) is 1. The van der Waals surface area contributed by atoms with Crippen LogP contribution in [0.4, 0.5) is 0 Å². The van der Waals surface area contributed by atoms with E-state index in [-0.39, 0.29) is 12.1 Å². The molecule has 1 saturated heterocycles. The Hall–Kier alpha value is -0.970. The number of piperazine rings is 1. The Morgan fingerprint density at radius 2 is 1.94 bits per heavy atom. The molecule has 94 valence electrons. The Labute approximate surface area is 103 Å². The SMILES string of the molecule is CC(N)C(c1ccccn1)N1CCN(C)CC1. The molecule has 2 N–H and O–H groups in total. The van der Waals surface area contributed by atoms with Gasteiger partial charge in [-0.15, -0.1) is 0 Å². The van der Waals surface area contributed by atoms with Crippen LogP contribution in [0.25, 0.3) is 0 Å². The normalized spacial score (nSPS) is 22.3. The zero-order valence-corrected chi connectivity index (χ0v) is 10.7. The van der Waals surface area contributed by atoms with Crippen molar-refractivity contribution in [1.29, 1.82) is 0 Å². The highest BCUT2D eigenvalue weighted by Gasteiger charge is 2.27. The average Bonchev–Trinajstić information content (AvgIpc) is 2.33. The minimum Gasteiger partial charge on any atom is -0.326 e. The highest BCUT2D eigenvalue weighted by molar-refractivity contribution is 5.11. The standard InChI is InChI=1S/C13H22N4/c1-11(14)13(12-5-3-4-6-15-12)17-9-7-16(2)8-10-17/h3-6,11,13H,7-10,14H2,1-2H3. The van der Waals surface area contributed by atoms with Crippen LogP contribution in [0.2, 0.25) is 0 Å². The molecule has 0 aliphatic carbocycles. The molecule has 4 heteroatoms. The highest BCUT2D eigenvalue weighted by Crippen LogP contribution is 2.22. The number of hydrogen-bond acceptors (Lipinski definition) is 4. The zero-order valence-electron chi connectivity index (χ0n) is 10.7. The van der Waals surface area contributed by atoms with Crippen LogP contribution in [0.1, 0.15) is 18.7 Å². The summed E-state index contributed by atoms with van der Waals surface area (Å²) in [7, 11) is 2.17. The lowest BCUT2D eigenvalue weighted by molar-refractivity contribution is 0.0986. The van der Waals surface area contributed by atoms with Gasteiger partial charge in [0.2, 0.25) is 0 Å². The maximum absolute atomic E-state index is 6.14. The molecule has 2 rings (SSSR count). The number of likely N-dealkylation sites (N-methyl/N-ethyl adjacent to an activating group) is 1. The van der Waals surface area contributed by atoms with Gasteiger partial charge in [0.25, 0.3) is 0 Å². The van der Waals surface area contributed by atoms with Gasteiger partial charge >= 0.3 is 0 Å². The Bertz CT molecular complexity index is 331. The van der Waals surface area contributed by atoms with Gasteiger partial charge in [0.05, 0.1) is 11.7 Å². The van der Waals surface area contributed by atoms with Crippen LogP contribution in [0.15, 0.2) is 24.4 Å². The number of aromatic nitrogens is 1. The second kappa shape index (κ2) is 5.58. The van der Waals surface area contributed by atoms with Crippen molar-refractivity contribution >= 4 is 0 Å². The second-order valence-electron chi connectivity index (χ2n) is 4.90. The Kier molecular flexibility index (Phi) is 4.10. The van der Waals surface area contributed by atoms with E-state index in [9.17, 15) is 0 Å². The summed E-state index contributed by atoms with van der Waals surface area (Å²) >= 11 is 0. The number of nitrogens with zero attached hydrogens (tertiary/aromatic N) is 3. The van der Waals surface area contributed by atoms with Crippen LogP contribution in [-0.4, -0.2) is 54.1 Å². The molecule has 2 atom stereocenters. The van der Waals surface area contributed by atoms with E-state index in [1.54, 1.807) is 0 Å². The van der Waals surface area contributed by atoms with E-state index in [0.29, 0.717) is 0 Å². The van der Waals surface area contributed by atoms with E-state index in [4.69, 9.17) is 5.73 Å². The minimum absolute atomic E-state index is 0.105. The molecule has 0 radical (unpaired) electrons. The van der Waals surface area contributed by atoms with Gasteiger partial charge in [-0.2, -0.15) is 0 Å². The molecule has 1 aromatic heterocycles. The Balaban J connectivity index is 2.13. The van der Waals surface area contributed by atoms with Crippen LogP contribution in [0, 0.1) is 0 Å². The Morgan fingerprint density at radius 1 is 1.24 bits per heavy atom. The molecule has 2 heterocycles. The molecule has 4 nitrogen and oxygen atoms in total. The quantitative estimate of drug-likeness (QED) is 0.837. The largest absolute Gasteiger partial charge is 0.326 e. The van der Waals surface area contributed by atoms with Gasteiger partial charge in [0, 0.05) is 38.4 Å². The third-order valence-electron chi connectivity index (χ3n) is 3.42. The van der Waals surface area contributed by atoms with Crippen LogP contribution in [0.3, 0.4) is 0 Å². The van der Waals surface area contributed by atoms with Crippen LogP contribution in [-0.2, 0) is 0 Å². The first kappa shape index (κ1) is 12.5. The van der Waals surface area contributed by atoms with Gasteiger partial charge in [0.15, 0.2) is 0 Å². The molecule has 17 heavy (non-hydrogen) atoms. The monoisotopic (exact) mass is 234 g/mol. The first-order chi connectivity index (χ1) is 8.18. The molecule has 1 aromatic rings. The van der Waals surface area contributed by atoms with Gasteiger partial charge < -0.3 is 10.6 Å². The Morgan fingerprint density at radius 3 is 2.47 bits per heavy atom. The smallest absolute Gasteiger partial charge is 0.0671 e. The van der Waals surface area contributed by atoms with Gasteiger partial charge in [-0.05, 0) is 26.1 Å². The maximum atomic E-state index is 6.14. The summed E-state index contributed by atoms with van der Waals surface area (Å²) < 4.78 is 0. The van der Waals surface area contributed by atoms with E-state index in [1.165, 1.54) is 0 Å². The fraction of sp³-hybridized carbons (Fsp3) is 0.615. The number of rotatable bonds is 3. The van der Waals surface area contributed by atoms with Crippen LogP contribution in [0.5, 0.6) is 0 Å². The predicted octanol–water partition coefficient (Wildman–Crippen LogP) is 0.717. The van der Waals surface area contributed by atoms with Crippen molar-refractivity contribution in [3.05, 3.63) is 30.1 Å². The fourth-order valence-corrected chi connectivity index (χ4v) is 2.44. The molecule has 1 aliphatic heterocycles. The van der Waals surface area contributed by atoms with Crippen molar-refractivity contribution in [2.45, 2.75) is 19.0 Å². The highest BCUT2D eigenvalue weighted by atomic mass is 15.3. The molecule has 0 spiro atoms. The van der Waals surface area contributed by atoms with E-state index in [2.05, 4.69) is 34.8 Å². The molecular formula is C13H22N4. The number of pyridine rings is 1. The van der Waals surface area contributed by atoms with Gasteiger partial charge in [0.1, 0.15) is 0 Å². The molecule has 0 amide bonds. The van der Waals surface area contributed by atoms with Crippen LogP contribution < -0.4 is 5.73 Å². The molecular weight excluding hydrogens is 212 g/mol. The maximum Gasteiger partial charge on any atom is 0.0671 e. The molecule has 0 saturated carbocycles. The number of nitrogens with two attached hydrogens (primary N) is 1. The van der Waals surface area contributed by atoms with E-state index < -0.39 is 0 Å². The fourth-order valence-electron chi connectivity index (χ4n) is 2.44. The summed E-state index contributed by atoms with van der Waals surface area (Å²) in [6, 6.07) is 6.41. The lowest BCUT2D eigenvalue weighted by Crippen LogP contribution is -2.49. The van der Waals surface area contributed by atoms with Crippen molar-refractivity contribution in [1.82, 2.24) is 14.8 Å².